The lowest BCUT2D eigenvalue weighted by Crippen LogP contribution is -2.24. The molecule has 0 spiro atoms. The molecule has 1 aliphatic rings. The number of fused-ring (bicyclic) bond motifs is 1. The molecule has 5 heteroatoms. The van der Waals surface area contributed by atoms with Crippen LogP contribution >= 0.6 is 0 Å². The van der Waals surface area contributed by atoms with Gasteiger partial charge >= 0.3 is 0 Å². The highest BCUT2D eigenvalue weighted by atomic mass is 32.2. The minimum Gasteiger partial charge on any atom is -0.308 e. The zero-order chi connectivity index (χ0) is 12.3. The molecule has 1 unspecified atom stereocenters. The van der Waals surface area contributed by atoms with Crippen LogP contribution in [0.25, 0.3) is 0 Å². The van der Waals surface area contributed by atoms with Gasteiger partial charge in [-0.2, -0.15) is 8.42 Å². The molecule has 1 aliphatic carbocycles. The number of nitrogens with one attached hydrogen (secondary N) is 1. The molecule has 0 amide bonds. The maximum absolute atomic E-state index is 10.8. The molecule has 4 nitrogen and oxygen atoms in total. The molecule has 0 saturated heterocycles. The number of hydrogen-bond donors (Lipinski definition) is 1. The average Bonchev–Trinajstić information content (AvgIpc) is 2.67. The Morgan fingerprint density at radius 2 is 2.18 bits per heavy atom. The molecule has 0 heterocycles. The Morgan fingerprint density at radius 1 is 1.41 bits per heavy atom. The Morgan fingerprint density at radius 3 is 2.94 bits per heavy atom. The van der Waals surface area contributed by atoms with Crippen molar-refractivity contribution >= 4 is 10.1 Å². The van der Waals surface area contributed by atoms with Crippen molar-refractivity contribution in [2.24, 2.45) is 0 Å². The summed E-state index contributed by atoms with van der Waals surface area (Å²) in [5, 5.41) is 3.32. The molecule has 0 saturated carbocycles. The third-order valence-corrected chi connectivity index (χ3v) is 3.52. The third kappa shape index (κ3) is 3.52. The highest BCUT2D eigenvalue weighted by Crippen LogP contribution is 2.30. The highest BCUT2D eigenvalue weighted by molar-refractivity contribution is 7.85. The lowest BCUT2D eigenvalue weighted by molar-refractivity contribution is 0.310. The van der Waals surface area contributed by atoms with Crippen molar-refractivity contribution in [3.05, 3.63) is 35.4 Å². The van der Waals surface area contributed by atoms with Gasteiger partial charge in [-0.1, -0.05) is 24.3 Å². The fourth-order valence-electron chi connectivity index (χ4n) is 2.20. The molecule has 2 rings (SSSR count). The molecular formula is C12H17NO3S. The van der Waals surface area contributed by atoms with Gasteiger partial charge in [0.05, 0.1) is 12.9 Å². The van der Waals surface area contributed by atoms with Crippen molar-refractivity contribution in [2.45, 2.75) is 18.9 Å². The Balaban J connectivity index is 1.82. The van der Waals surface area contributed by atoms with E-state index in [1.54, 1.807) is 0 Å². The predicted molar refractivity (Wildman–Crippen MR) is 66.3 cm³/mol. The van der Waals surface area contributed by atoms with Crippen LogP contribution in [0, 0.1) is 0 Å². The summed E-state index contributed by atoms with van der Waals surface area (Å²) >= 11 is 0. The summed E-state index contributed by atoms with van der Waals surface area (Å²) in [5.41, 5.74) is 2.71. The molecular weight excluding hydrogens is 238 g/mol. The molecule has 17 heavy (non-hydrogen) atoms. The van der Waals surface area contributed by atoms with Gasteiger partial charge in [0, 0.05) is 12.6 Å². The Hall–Kier alpha value is -0.910. The van der Waals surface area contributed by atoms with Crippen LogP contribution in [0.1, 0.15) is 23.6 Å². The second-order valence-electron chi connectivity index (χ2n) is 4.27. The van der Waals surface area contributed by atoms with Gasteiger partial charge in [0.2, 0.25) is 0 Å². The predicted octanol–water partition coefficient (Wildman–Crippen LogP) is 1.24. The number of rotatable bonds is 5. The summed E-state index contributed by atoms with van der Waals surface area (Å²) in [5.74, 6) is 0. The zero-order valence-electron chi connectivity index (χ0n) is 9.85. The van der Waals surface area contributed by atoms with E-state index < -0.39 is 10.1 Å². The maximum Gasteiger partial charge on any atom is 0.264 e. The SMILES string of the molecule is CS(=O)(=O)OCCNC1CCc2ccccc21. The molecule has 0 fully saturated rings. The first-order valence-corrected chi connectivity index (χ1v) is 7.53. The van der Waals surface area contributed by atoms with Gasteiger partial charge in [-0.25, -0.2) is 0 Å². The van der Waals surface area contributed by atoms with Crippen LogP contribution < -0.4 is 5.32 Å². The summed E-state index contributed by atoms with van der Waals surface area (Å²) in [6.07, 6.45) is 3.22. The standard InChI is InChI=1S/C12H17NO3S/c1-17(14,15)16-9-8-13-12-7-6-10-4-2-3-5-11(10)12/h2-5,12-13H,6-9H2,1H3. The van der Waals surface area contributed by atoms with Gasteiger partial charge in [-0.05, 0) is 24.0 Å². The molecule has 0 radical (unpaired) electrons. The molecule has 1 aromatic carbocycles. The van der Waals surface area contributed by atoms with Crippen molar-refractivity contribution in [2.75, 3.05) is 19.4 Å². The van der Waals surface area contributed by atoms with E-state index >= 15 is 0 Å². The number of hydrogen-bond acceptors (Lipinski definition) is 4. The minimum absolute atomic E-state index is 0.192. The van der Waals surface area contributed by atoms with Crippen LogP contribution in [-0.4, -0.2) is 27.8 Å². The second-order valence-corrected chi connectivity index (χ2v) is 5.91. The molecule has 1 atom stereocenters. The zero-order valence-corrected chi connectivity index (χ0v) is 10.7. The van der Waals surface area contributed by atoms with Gasteiger partial charge in [-0.15, -0.1) is 0 Å². The molecule has 0 aliphatic heterocycles. The van der Waals surface area contributed by atoms with Crippen LogP contribution in [0.3, 0.4) is 0 Å². The van der Waals surface area contributed by atoms with E-state index in [4.69, 9.17) is 0 Å². The minimum atomic E-state index is -3.32. The molecule has 1 aromatic rings. The third-order valence-electron chi connectivity index (χ3n) is 2.92. The first-order valence-electron chi connectivity index (χ1n) is 5.72. The molecule has 1 N–H and O–H groups in total. The van der Waals surface area contributed by atoms with Crippen molar-refractivity contribution in [3.8, 4) is 0 Å². The summed E-state index contributed by atoms with van der Waals surface area (Å²) in [7, 11) is -3.32. The van der Waals surface area contributed by atoms with E-state index in [0.717, 1.165) is 19.1 Å². The van der Waals surface area contributed by atoms with E-state index in [9.17, 15) is 8.42 Å². The van der Waals surface area contributed by atoms with E-state index in [1.807, 2.05) is 12.1 Å². The van der Waals surface area contributed by atoms with Gasteiger partial charge < -0.3 is 5.32 Å². The summed E-state index contributed by atoms with van der Waals surface area (Å²) in [6, 6.07) is 8.68. The lowest BCUT2D eigenvalue weighted by atomic mass is 10.1. The fourth-order valence-corrected chi connectivity index (χ4v) is 2.58. The average molecular weight is 255 g/mol. The summed E-state index contributed by atoms with van der Waals surface area (Å²) < 4.78 is 26.2. The van der Waals surface area contributed by atoms with Gasteiger partial charge in [0.1, 0.15) is 0 Å². The Bertz CT molecular complexity index is 484. The largest absolute Gasteiger partial charge is 0.308 e. The number of benzene rings is 1. The Kier molecular flexibility index (Phi) is 3.81. The van der Waals surface area contributed by atoms with Crippen LogP contribution in [0.4, 0.5) is 0 Å². The van der Waals surface area contributed by atoms with Crippen molar-refractivity contribution < 1.29 is 12.6 Å². The fraction of sp³-hybridized carbons (Fsp3) is 0.500. The summed E-state index contributed by atoms with van der Waals surface area (Å²) in [6.45, 7) is 0.740. The highest BCUT2D eigenvalue weighted by Gasteiger charge is 2.20. The lowest BCUT2D eigenvalue weighted by Gasteiger charge is -2.13. The topological polar surface area (TPSA) is 55.4 Å². The van der Waals surface area contributed by atoms with Crippen LogP contribution in [0.15, 0.2) is 24.3 Å². The van der Waals surface area contributed by atoms with Crippen LogP contribution in [0.2, 0.25) is 0 Å². The van der Waals surface area contributed by atoms with E-state index in [-0.39, 0.29) is 6.61 Å². The first-order chi connectivity index (χ1) is 8.06. The van der Waals surface area contributed by atoms with Crippen LogP contribution in [-0.2, 0) is 20.7 Å². The van der Waals surface area contributed by atoms with Gasteiger partial charge in [0.15, 0.2) is 0 Å². The molecule has 0 aromatic heterocycles. The van der Waals surface area contributed by atoms with E-state index in [2.05, 4.69) is 21.6 Å². The van der Waals surface area contributed by atoms with Crippen molar-refractivity contribution in [1.29, 1.82) is 0 Å². The normalized spacial score (nSPS) is 19.2. The number of aryl methyl sites for hydroxylation is 1. The quantitative estimate of drug-likeness (QED) is 0.635. The Labute approximate surface area is 102 Å². The van der Waals surface area contributed by atoms with Crippen LogP contribution in [0.5, 0.6) is 0 Å². The van der Waals surface area contributed by atoms with Gasteiger partial charge in [-0.3, -0.25) is 4.18 Å². The van der Waals surface area contributed by atoms with E-state index in [0.29, 0.717) is 12.6 Å². The maximum atomic E-state index is 10.8. The second kappa shape index (κ2) is 5.16. The first kappa shape index (κ1) is 12.5. The van der Waals surface area contributed by atoms with Crippen molar-refractivity contribution in [1.82, 2.24) is 5.32 Å². The smallest absolute Gasteiger partial charge is 0.264 e. The van der Waals surface area contributed by atoms with Gasteiger partial charge in [0.25, 0.3) is 10.1 Å². The summed E-state index contributed by atoms with van der Waals surface area (Å²) in [4.78, 5) is 0. The molecule has 0 bridgehead atoms. The van der Waals surface area contributed by atoms with E-state index in [1.165, 1.54) is 11.1 Å². The monoisotopic (exact) mass is 255 g/mol. The molecule has 94 valence electrons. The van der Waals surface area contributed by atoms with Crippen molar-refractivity contribution in [3.63, 3.8) is 0 Å².